The second kappa shape index (κ2) is 3.87. The van der Waals surface area contributed by atoms with Gasteiger partial charge < -0.3 is 9.90 Å². The zero-order chi connectivity index (χ0) is 10.7. The maximum atomic E-state index is 10.6. The summed E-state index contributed by atoms with van der Waals surface area (Å²) in [6, 6.07) is 4.73. The van der Waals surface area contributed by atoms with Gasteiger partial charge in [0.2, 0.25) is 6.04 Å². The fourth-order valence-corrected chi connectivity index (χ4v) is 1.16. The smallest absolute Gasteiger partial charge is 0.235 e. The van der Waals surface area contributed by atoms with E-state index in [1.165, 1.54) is 25.1 Å². The minimum absolute atomic E-state index is 0.128. The fourth-order valence-electron chi connectivity index (χ4n) is 1.16. The molecule has 1 rings (SSSR count). The van der Waals surface area contributed by atoms with E-state index in [1.807, 2.05) is 0 Å². The van der Waals surface area contributed by atoms with Crippen molar-refractivity contribution < 1.29 is 14.8 Å². The van der Waals surface area contributed by atoms with Gasteiger partial charge in [0.15, 0.2) is 0 Å². The van der Waals surface area contributed by atoms with Gasteiger partial charge in [-0.15, -0.1) is 0 Å². The monoisotopic (exact) mass is 194 g/mol. The first kappa shape index (κ1) is 10.2. The summed E-state index contributed by atoms with van der Waals surface area (Å²) < 4.78 is 0. The predicted molar refractivity (Wildman–Crippen MR) is 46.2 cm³/mol. The molecule has 1 aromatic rings. The van der Waals surface area contributed by atoms with E-state index in [0.717, 1.165) is 0 Å². The van der Waals surface area contributed by atoms with Crippen LogP contribution in [0.5, 0.6) is 0 Å². The first-order valence-corrected chi connectivity index (χ1v) is 3.97. The Morgan fingerprint density at radius 3 is 2.50 bits per heavy atom. The number of hydrogen-bond donors (Lipinski definition) is 0. The maximum Gasteiger partial charge on any atom is 0.235 e. The predicted octanol–water partition coefficient (Wildman–Crippen LogP) is 0.388. The number of benzene rings is 1. The van der Waals surface area contributed by atoms with Crippen LogP contribution in [0.4, 0.5) is 0 Å². The Hall–Kier alpha value is -1.91. The first-order valence-electron chi connectivity index (χ1n) is 3.97. The van der Waals surface area contributed by atoms with Gasteiger partial charge >= 0.3 is 0 Å². The van der Waals surface area contributed by atoms with Gasteiger partial charge in [0, 0.05) is 23.0 Å². The first-order chi connectivity index (χ1) is 6.54. The summed E-state index contributed by atoms with van der Waals surface area (Å²) in [6.07, 6.45) is 0. The van der Waals surface area contributed by atoms with Gasteiger partial charge in [-0.2, -0.15) is 0 Å². The van der Waals surface area contributed by atoms with E-state index < -0.39 is 16.9 Å². The summed E-state index contributed by atoms with van der Waals surface area (Å²) in [4.78, 5) is 20.5. The number of carbonyl (C=O) groups is 1. The minimum atomic E-state index is -1.39. The Labute approximate surface area is 80.1 Å². The highest BCUT2D eigenvalue weighted by Gasteiger charge is 2.19. The van der Waals surface area contributed by atoms with Crippen LogP contribution in [0.25, 0.3) is 0 Å². The molecule has 0 aliphatic rings. The molecule has 0 aliphatic carbocycles. The van der Waals surface area contributed by atoms with Gasteiger partial charge in [0.05, 0.1) is 5.97 Å². The average Bonchev–Trinajstić information content (AvgIpc) is 2.16. The van der Waals surface area contributed by atoms with Gasteiger partial charge in [0.25, 0.3) is 0 Å². The number of hydrogen-bond acceptors (Lipinski definition) is 4. The summed E-state index contributed by atoms with van der Waals surface area (Å²) >= 11 is 0. The number of carboxylic acid groups (broad SMARTS) is 1. The van der Waals surface area contributed by atoms with Crippen molar-refractivity contribution in [1.29, 1.82) is 0 Å². The van der Waals surface area contributed by atoms with Crippen molar-refractivity contribution in [3.63, 3.8) is 0 Å². The van der Waals surface area contributed by atoms with Crippen LogP contribution in [-0.4, -0.2) is 10.9 Å². The quantitative estimate of drug-likeness (QED) is 0.514. The molecule has 0 saturated heterocycles. The molecule has 74 valence electrons. The molecule has 5 nitrogen and oxygen atoms in total. The summed E-state index contributed by atoms with van der Waals surface area (Å²) in [5.74, 6) is -1.39. The van der Waals surface area contributed by atoms with Crippen LogP contribution in [-0.2, 0) is 0 Å². The number of nitrogens with zero attached hydrogens (tertiary/aromatic N) is 1. The molecule has 5 heteroatoms. The van der Waals surface area contributed by atoms with Crippen molar-refractivity contribution in [3.05, 3.63) is 45.5 Å². The minimum Gasteiger partial charge on any atom is -0.545 e. The van der Waals surface area contributed by atoms with Crippen LogP contribution < -0.4 is 5.11 Å². The lowest BCUT2D eigenvalue weighted by Gasteiger charge is -2.10. The van der Waals surface area contributed by atoms with Crippen LogP contribution in [0.1, 0.15) is 28.9 Å². The summed E-state index contributed by atoms with van der Waals surface area (Å²) in [5, 5.41) is 21.1. The number of carbonyl (C=O) groups excluding carboxylic acids is 1. The van der Waals surface area contributed by atoms with Crippen LogP contribution in [0.15, 0.2) is 24.3 Å². The van der Waals surface area contributed by atoms with Crippen molar-refractivity contribution in [2.24, 2.45) is 0 Å². The Morgan fingerprint density at radius 1 is 1.43 bits per heavy atom. The van der Waals surface area contributed by atoms with Crippen molar-refractivity contribution in [2.45, 2.75) is 13.0 Å². The van der Waals surface area contributed by atoms with Crippen LogP contribution >= 0.6 is 0 Å². The van der Waals surface area contributed by atoms with Gasteiger partial charge in [-0.1, -0.05) is 24.3 Å². The van der Waals surface area contributed by atoms with Gasteiger partial charge in [-0.05, 0) is 0 Å². The van der Waals surface area contributed by atoms with E-state index in [-0.39, 0.29) is 11.1 Å². The Bertz CT molecular complexity index is 375. The number of aromatic carboxylic acids is 1. The number of nitro groups is 1. The summed E-state index contributed by atoms with van der Waals surface area (Å²) in [6.45, 7) is 1.34. The molecule has 1 aromatic carbocycles. The third-order valence-corrected chi connectivity index (χ3v) is 1.95. The van der Waals surface area contributed by atoms with E-state index in [2.05, 4.69) is 0 Å². The van der Waals surface area contributed by atoms with Crippen molar-refractivity contribution >= 4 is 5.97 Å². The second-order valence-corrected chi connectivity index (χ2v) is 2.84. The lowest BCUT2D eigenvalue weighted by atomic mass is 10.0. The normalized spacial score (nSPS) is 12.1. The highest BCUT2D eigenvalue weighted by atomic mass is 16.6. The third-order valence-electron chi connectivity index (χ3n) is 1.95. The molecule has 14 heavy (non-hydrogen) atoms. The highest BCUT2D eigenvalue weighted by molar-refractivity contribution is 5.87. The molecule has 0 radical (unpaired) electrons. The lowest BCUT2D eigenvalue weighted by molar-refractivity contribution is -0.524. The zero-order valence-corrected chi connectivity index (χ0v) is 7.47. The zero-order valence-electron chi connectivity index (χ0n) is 7.47. The molecule has 0 amide bonds. The van der Waals surface area contributed by atoms with Crippen molar-refractivity contribution in [3.8, 4) is 0 Å². The topological polar surface area (TPSA) is 83.3 Å². The van der Waals surface area contributed by atoms with E-state index >= 15 is 0 Å². The molecular weight excluding hydrogens is 186 g/mol. The maximum absolute atomic E-state index is 10.6. The standard InChI is InChI=1S/C9H9NO4/c1-6(10(13)14)7-4-2-3-5-8(7)9(11)12/h2-6H,1H3,(H,11,12)/p-1. The lowest BCUT2D eigenvalue weighted by Crippen LogP contribution is -2.25. The molecule has 1 unspecified atom stereocenters. The van der Waals surface area contributed by atoms with Crippen molar-refractivity contribution in [1.82, 2.24) is 0 Å². The van der Waals surface area contributed by atoms with Gasteiger partial charge in [0.1, 0.15) is 0 Å². The van der Waals surface area contributed by atoms with Crippen LogP contribution in [0.3, 0.4) is 0 Å². The van der Waals surface area contributed by atoms with E-state index in [0.29, 0.717) is 0 Å². The molecule has 1 atom stereocenters. The van der Waals surface area contributed by atoms with Gasteiger partial charge in [-0.25, -0.2) is 0 Å². The van der Waals surface area contributed by atoms with E-state index in [1.54, 1.807) is 6.07 Å². The summed E-state index contributed by atoms with van der Waals surface area (Å²) in [7, 11) is 0. The Kier molecular flexibility index (Phi) is 2.81. The molecule has 0 fully saturated rings. The van der Waals surface area contributed by atoms with E-state index in [9.17, 15) is 20.0 Å². The fraction of sp³-hybridized carbons (Fsp3) is 0.222. The van der Waals surface area contributed by atoms with Crippen LogP contribution in [0.2, 0.25) is 0 Å². The summed E-state index contributed by atoms with van der Waals surface area (Å²) in [5.41, 5.74) is 0.0363. The van der Waals surface area contributed by atoms with Gasteiger partial charge in [-0.3, -0.25) is 10.1 Å². The highest BCUT2D eigenvalue weighted by Crippen LogP contribution is 2.19. The molecule has 0 aliphatic heterocycles. The number of carboxylic acids is 1. The third kappa shape index (κ3) is 1.87. The Morgan fingerprint density at radius 2 is 2.00 bits per heavy atom. The number of rotatable bonds is 3. The molecule has 0 N–H and O–H groups in total. The van der Waals surface area contributed by atoms with Crippen LogP contribution in [0, 0.1) is 10.1 Å². The Balaban J connectivity index is 3.19. The molecule has 0 bridgehead atoms. The molecule has 0 aromatic heterocycles. The van der Waals surface area contributed by atoms with Crippen molar-refractivity contribution in [2.75, 3.05) is 0 Å². The molecule has 0 spiro atoms. The molecule has 0 heterocycles. The molecule has 0 saturated carbocycles. The van der Waals surface area contributed by atoms with E-state index in [4.69, 9.17) is 0 Å². The second-order valence-electron chi connectivity index (χ2n) is 2.84. The SMILES string of the molecule is CC(c1ccccc1C(=O)[O-])[N+](=O)[O-]. The largest absolute Gasteiger partial charge is 0.545 e. The average molecular weight is 194 g/mol. The molecular formula is C9H8NO4-.